The van der Waals surface area contributed by atoms with Crippen LogP contribution in [0.2, 0.25) is 0 Å². The van der Waals surface area contributed by atoms with Crippen LogP contribution < -0.4 is 4.74 Å². The molecular weight excluding hydrogens is 358 g/mol. The average Bonchev–Trinajstić information content (AvgIpc) is 2.98. The summed E-state index contributed by atoms with van der Waals surface area (Å²) in [7, 11) is 3.12. The number of nitrogens with zero attached hydrogens (tertiary/aromatic N) is 1. The van der Waals surface area contributed by atoms with E-state index in [0.29, 0.717) is 36.4 Å². The Morgan fingerprint density at radius 1 is 1.04 bits per heavy atom. The lowest BCUT2D eigenvalue weighted by atomic mass is 9.94. The number of amides is 1. The van der Waals surface area contributed by atoms with Crippen LogP contribution in [0.3, 0.4) is 0 Å². The molecule has 1 atom stereocenters. The van der Waals surface area contributed by atoms with Gasteiger partial charge in [0.2, 0.25) is 0 Å². The number of para-hydroxylation sites is 1. The summed E-state index contributed by atoms with van der Waals surface area (Å²) in [6.45, 7) is 0.785. The third-order valence-electron chi connectivity index (χ3n) is 4.77. The summed E-state index contributed by atoms with van der Waals surface area (Å²) < 4.78 is 10.5. The molecule has 28 heavy (non-hydrogen) atoms. The lowest BCUT2D eigenvalue weighted by Gasteiger charge is -2.26. The van der Waals surface area contributed by atoms with E-state index in [1.165, 1.54) is 12.0 Å². The van der Waals surface area contributed by atoms with Crippen molar-refractivity contribution in [2.45, 2.75) is 12.5 Å². The number of carbonyl (C=O) groups excluding carboxylic acids is 2. The van der Waals surface area contributed by atoms with E-state index in [1.807, 2.05) is 18.2 Å². The Balaban J connectivity index is 2.16. The number of carbonyl (C=O) groups is 2. The first-order chi connectivity index (χ1) is 13.6. The van der Waals surface area contributed by atoms with Crippen molar-refractivity contribution in [1.82, 2.24) is 4.90 Å². The van der Waals surface area contributed by atoms with Gasteiger partial charge in [-0.2, -0.15) is 0 Å². The minimum absolute atomic E-state index is 0.0677. The van der Waals surface area contributed by atoms with Gasteiger partial charge in [0.05, 0.1) is 18.7 Å². The lowest BCUT2D eigenvalue weighted by Crippen LogP contribution is -2.31. The summed E-state index contributed by atoms with van der Waals surface area (Å²) >= 11 is 0. The van der Waals surface area contributed by atoms with E-state index in [0.717, 1.165) is 0 Å². The highest BCUT2D eigenvalue weighted by Crippen LogP contribution is 2.42. The fourth-order valence-electron chi connectivity index (χ4n) is 3.46. The van der Waals surface area contributed by atoms with Crippen molar-refractivity contribution in [3.8, 4) is 5.75 Å². The highest BCUT2D eigenvalue weighted by atomic mass is 16.5. The van der Waals surface area contributed by atoms with E-state index < -0.39 is 17.7 Å². The van der Waals surface area contributed by atoms with Crippen molar-refractivity contribution < 1.29 is 24.2 Å². The van der Waals surface area contributed by atoms with Gasteiger partial charge in [-0.15, -0.1) is 0 Å². The Kier molecular flexibility index (Phi) is 6.11. The molecule has 146 valence electrons. The molecule has 1 aliphatic rings. The monoisotopic (exact) mass is 381 g/mol. The number of hydrogen-bond acceptors (Lipinski definition) is 5. The molecule has 6 nitrogen and oxygen atoms in total. The molecule has 1 N–H and O–H groups in total. The summed E-state index contributed by atoms with van der Waals surface area (Å²) in [4.78, 5) is 27.1. The zero-order valence-corrected chi connectivity index (χ0v) is 15.9. The van der Waals surface area contributed by atoms with Gasteiger partial charge in [-0.25, -0.2) is 0 Å². The average molecular weight is 381 g/mol. The van der Waals surface area contributed by atoms with Crippen LogP contribution in [0.4, 0.5) is 0 Å². The maximum Gasteiger partial charge on any atom is 0.295 e. The number of ketones is 1. The number of likely N-dealkylation sites (tertiary alicyclic amines) is 1. The molecule has 3 rings (SSSR count). The molecule has 1 amide bonds. The molecule has 6 heteroatoms. The van der Waals surface area contributed by atoms with Crippen LogP contribution in [-0.2, 0) is 14.3 Å². The molecule has 0 unspecified atom stereocenters. The van der Waals surface area contributed by atoms with Gasteiger partial charge in [0.15, 0.2) is 0 Å². The smallest absolute Gasteiger partial charge is 0.295 e. The standard InChI is InChI=1S/C22H23NO5/c1-27-14-8-13-23-19(16-11-6-7-12-17(16)28-2)18(21(25)22(23)26)20(24)15-9-4-3-5-10-15/h3-7,9-12,19,24H,8,13-14H2,1-2H3/t19-/m1/s1. The zero-order valence-electron chi connectivity index (χ0n) is 15.9. The van der Waals surface area contributed by atoms with Gasteiger partial charge in [-0.1, -0.05) is 48.5 Å². The van der Waals surface area contributed by atoms with Crippen LogP contribution in [0.25, 0.3) is 5.76 Å². The van der Waals surface area contributed by atoms with Crippen LogP contribution >= 0.6 is 0 Å². The van der Waals surface area contributed by atoms with Crippen molar-refractivity contribution in [2.24, 2.45) is 0 Å². The van der Waals surface area contributed by atoms with Gasteiger partial charge < -0.3 is 19.5 Å². The number of aliphatic hydroxyl groups is 1. The van der Waals surface area contributed by atoms with E-state index in [4.69, 9.17) is 9.47 Å². The molecule has 0 spiro atoms. The summed E-state index contributed by atoms with van der Waals surface area (Å²) in [6, 6.07) is 15.2. The second kappa shape index (κ2) is 8.71. The van der Waals surface area contributed by atoms with Gasteiger partial charge in [-0.3, -0.25) is 9.59 Å². The van der Waals surface area contributed by atoms with Gasteiger partial charge in [-0.05, 0) is 12.5 Å². The minimum Gasteiger partial charge on any atom is -0.507 e. The number of aliphatic hydroxyl groups excluding tert-OH is 1. The largest absolute Gasteiger partial charge is 0.507 e. The molecule has 2 aromatic rings. The molecule has 1 saturated heterocycles. The summed E-state index contributed by atoms with van der Waals surface area (Å²) in [5.41, 5.74) is 1.20. The Morgan fingerprint density at radius 2 is 1.71 bits per heavy atom. The Labute approximate surface area is 164 Å². The highest BCUT2D eigenvalue weighted by molar-refractivity contribution is 6.46. The summed E-state index contributed by atoms with van der Waals surface area (Å²) in [5, 5.41) is 10.9. The lowest BCUT2D eigenvalue weighted by molar-refractivity contribution is -0.140. The van der Waals surface area contributed by atoms with Gasteiger partial charge >= 0.3 is 0 Å². The van der Waals surface area contributed by atoms with Crippen LogP contribution in [0.15, 0.2) is 60.2 Å². The maximum atomic E-state index is 12.9. The topological polar surface area (TPSA) is 76.1 Å². The third kappa shape index (κ3) is 3.64. The minimum atomic E-state index is -0.729. The molecule has 0 bridgehead atoms. The normalized spacial score (nSPS) is 18.5. The van der Waals surface area contributed by atoms with E-state index in [9.17, 15) is 14.7 Å². The number of benzene rings is 2. The van der Waals surface area contributed by atoms with Crippen LogP contribution in [0, 0.1) is 0 Å². The summed E-state index contributed by atoms with van der Waals surface area (Å²) in [5.74, 6) is -0.978. The van der Waals surface area contributed by atoms with Crippen molar-refractivity contribution in [3.63, 3.8) is 0 Å². The number of hydrogen-bond donors (Lipinski definition) is 1. The molecule has 0 aromatic heterocycles. The van der Waals surface area contributed by atoms with E-state index in [1.54, 1.807) is 43.5 Å². The fraction of sp³-hybridized carbons (Fsp3) is 0.273. The maximum absolute atomic E-state index is 12.9. The third-order valence-corrected chi connectivity index (χ3v) is 4.77. The molecule has 0 radical (unpaired) electrons. The van der Waals surface area contributed by atoms with Crippen LogP contribution in [0.1, 0.15) is 23.6 Å². The number of ether oxygens (including phenoxy) is 2. The number of methoxy groups -OCH3 is 2. The van der Waals surface area contributed by atoms with Crippen molar-refractivity contribution in [2.75, 3.05) is 27.4 Å². The predicted molar refractivity (Wildman–Crippen MR) is 105 cm³/mol. The predicted octanol–water partition coefficient (Wildman–Crippen LogP) is 3.15. The first kappa shape index (κ1) is 19.6. The van der Waals surface area contributed by atoms with Crippen molar-refractivity contribution in [3.05, 3.63) is 71.3 Å². The molecule has 0 aliphatic carbocycles. The SMILES string of the molecule is COCCCN1C(=O)C(=O)C(=C(O)c2ccccc2)[C@H]1c1ccccc1OC. The molecule has 0 saturated carbocycles. The summed E-state index contributed by atoms with van der Waals surface area (Å²) in [6.07, 6.45) is 0.570. The van der Waals surface area contributed by atoms with Crippen LogP contribution in [-0.4, -0.2) is 49.1 Å². The zero-order chi connectivity index (χ0) is 20.1. The molecular formula is C22H23NO5. The van der Waals surface area contributed by atoms with Crippen molar-refractivity contribution in [1.29, 1.82) is 0 Å². The van der Waals surface area contributed by atoms with Crippen molar-refractivity contribution >= 4 is 17.4 Å². The number of rotatable bonds is 7. The molecule has 1 aliphatic heterocycles. The van der Waals surface area contributed by atoms with E-state index in [-0.39, 0.29) is 11.3 Å². The molecule has 1 fully saturated rings. The van der Waals surface area contributed by atoms with Gasteiger partial charge in [0, 0.05) is 31.4 Å². The van der Waals surface area contributed by atoms with Gasteiger partial charge in [0.25, 0.3) is 11.7 Å². The Morgan fingerprint density at radius 3 is 2.39 bits per heavy atom. The highest BCUT2D eigenvalue weighted by Gasteiger charge is 2.46. The molecule has 1 heterocycles. The second-order valence-electron chi connectivity index (χ2n) is 6.45. The first-order valence-corrected chi connectivity index (χ1v) is 9.05. The Hall–Kier alpha value is -3.12. The Bertz CT molecular complexity index is 891. The number of Topliss-reactive ketones (excluding diaryl/α,β-unsaturated/α-hetero) is 1. The van der Waals surface area contributed by atoms with E-state index >= 15 is 0 Å². The first-order valence-electron chi connectivity index (χ1n) is 9.05. The fourth-order valence-corrected chi connectivity index (χ4v) is 3.46. The van der Waals surface area contributed by atoms with Gasteiger partial charge in [0.1, 0.15) is 11.5 Å². The van der Waals surface area contributed by atoms with E-state index in [2.05, 4.69) is 0 Å². The molecule has 2 aromatic carbocycles. The van der Waals surface area contributed by atoms with Crippen LogP contribution in [0.5, 0.6) is 5.75 Å². The second-order valence-corrected chi connectivity index (χ2v) is 6.45. The quantitative estimate of drug-likeness (QED) is 0.345.